The summed E-state index contributed by atoms with van der Waals surface area (Å²) in [6, 6.07) is 5.66. The van der Waals surface area contributed by atoms with Gasteiger partial charge in [0, 0.05) is 30.2 Å². The van der Waals surface area contributed by atoms with E-state index in [1.807, 2.05) is 25.1 Å². The van der Waals surface area contributed by atoms with E-state index in [9.17, 15) is 4.79 Å². The molecule has 2 heterocycles. The second kappa shape index (κ2) is 4.76. The Bertz CT molecular complexity index is 591. The number of aromatic nitrogens is 2. The molecule has 0 saturated heterocycles. The maximum atomic E-state index is 12.2. The first-order valence-corrected chi connectivity index (χ1v) is 6.41. The molecule has 0 fully saturated rings. The average molecular weight is 256 g/mol. The van der Waals surface area contributed by atoms with Gasteiger partial charge >= 0.3 is 0 Å². The molecule has 0 saturated carbocycles. The van der Waals surface area contributed by atoms with Gasteiger partial charge < -0.3 is 15.6 Å². The average Bonchev–Trinajstić information content (AvgIpc) is 3.09. The highest BCUT2D eigenvalue weighted by Gasteiger charge is 2.16. The number of nitrogens with zero attached hydrogens (tertiary/aromatic N) is 1. The monoisotopic (exact) mass is 256 g/mol. The van der Waals surface area contributed by atoms with Gasteiger partial charge in [-0.1, -0.05) is 6.07 Å². The van der Waals surface area contributed by atoms with Crippen molar-refractivity contribution in [2.45, 2.75) is 19.4 Å². The Morgan fingerprint density at radius 2 is 2.37 bits per heavy atom. The number of nitrogens with one attached hydrogen (secondary N) is 3. The molecule has 0 aliphatic carbocycles. The molecule has 1 aliphatic heterocycles. The molecule has 3 rings (SSSR count). The molecule has 0 bridgehead atoms. The van der Waals surface area contributed by atoms with E-state index < -0.39 is 0 Å². The third-order valence-corrected chi connectivity index (χ3v) is 3.36. The highest BCUT2D eigenvalue weighted by Crippen LogP contribution is 2.23. The fraction of sp³-hybridized carbons (Fsp3) is 0.286. The van der Waals surface area contributed by atoms with Crippen LogP contribution in [0.1, 0.15) is 34.7 Å². The van der Waals surface area contributed by atoms with E-state index >= 15 is 0 Å². The summed E-state index contributed by atoms with van der Waals surface area (Å²) < 4.78 is 0. The van der Waals surface area contributed by atoms with E-state index in [4.69, 9.17) is 0 Å². The lowest BCUT2D eigenvalue weighted by atomic mass is 10.1. The predicted octanol–water partition coefficient (Wildman–Crippen LogP) is 1.87. The van der Waals surface area contributed by atoms with E-state index in [2.05, 4.69) is 20.6 Å². The minimum atomic E-state index is -0.135. The van der Waals surface area contributed by atoms with Crippen molar-refractivity contribution in [1.29, 1.82) is 0 Å². The first-order chi connectivity index (χ1) is 9.24. The zero-order chi connectivity index (χ0) is 13.2. The van der Waals surface area contributed by atoms with Crippen molar-refractivity contribution in [3.63, 3.8) is 0 Å². The number of H-pyrrole nitrogens is 1. The number of anilines is 1. The van der Waals surface area contributed by atoms with Crippen LogP contribution in [0, 0.1) is 0 Å². The normalized spacial score (nSPS) is 14.6. The number of rotatable bonds is 3. The van der Waals surface area contributed by atoms with Gasteiger partial charge in [0.2, 0.25) is 0 Å². The second-order valence-corrected chi connectivity index (χ2v) is 4.72. The van der Waals surface area contributed by atoms with E-state index in [-0.39, 0.29) is 11.9 Å². The summed E-state index contributed by atoms with van der Waals surface area (Å²) in [5.74, 6) is 0.674. The molecule has 5 nitrogen and oxygen atoms in total. The largest absolute Gasteiger partial charge is 0.384 e. The summed E-state index contributed by atoms with van der Waals surface area (Å²) in [4.78, 5) is 19.3. The molecule has 0 radical (unpaired) electrons. The molecule has 1 atom stereocenters. The van der Waals surface area contributed by atoms with Crippen LogP contribution in [0.25, 0.3) is 0 Å². The van der Waals surface area contributed by atoms with Gasteiger partial charge in [-0.05, 0) is 31.0 Å². The third-order valence-electron chi connectivity index (χ3n) is 3.36. The van der Waals surface area contributed by atoms with Crippen LogP contribution in [0.5, 0.6) is 0 Å². The van der Waals surface area contributed by atoms with Gasteiger partial charge in [0.25, 0.3) is 5.91 Å². The molecule has 98 valence electrons. The van der Waals surface area contributed by atoms with Crippen LogP contribution in [0.4, 0.5) is 5.69 Å². The highest BCUT2D eigenvalue weighted by atomic mass is 16.1. The van der Waals surface area contributed by atoms with Crippen LogP contribution in [0.15, 0.2) is 30.6 Å². The maximum absolute atomic E-state index is 12.2. The minimum Gasteiger partial charge on any atom is -0.384 e. The Morgan fingerprint density at radius 1 is 1.47 bits per heavy atom. The number of amides is 1. The molecule has 2 aromatic rings. The molecular formula is C14H16N4O. The fourth-order valence-electron chi connectivity index (χ4n) is 2.29. The van der Waals surface area contributed by atoms with Gasteiger partial charge in [0.15, 0.2) is 0 Å². The Labute approximate surface area is 111 Å². The molecule has 1 aliphatic rings. The third kappa shape index (κ3) is 2.31. The Morgan fingerprint density at radius 3 is 3.16 bits per heavy atom. The van der Waals surface area contributed by atoms with Crippen LogP contribution in [-0.2, 0) is 6.42 Å². The van der Waals surface area contributed by atoms with Gasteiger partial charge in [-0.2, -0.15) is 0 Å². The Kier molecular flexibility index (Phi) is 2.95. The molecule has 3 N–H and O–H groups in total. The van der Waals surface area contributed by atoms with Crippen molar-refractivity contribution in [2.75, 3.05) is 11.9 Å². The van der Waals surface area contributed by atoms with E-state index in [0.717, 1.165) is 24.5 Å². The summed E-state index contributed by atoms with van der Waals surface area (Å²) in [6.45, 7) is 2.85. The summed E-state index contributed by atoms with van der Waals surface area (Å²) in [7, 11) is 0. The molecule has 1 unspecified atom stereocenters. The predicted molar refractivity (Wildman–Crippen MR) is 73.1 cm³/mol. The number of aromatic amines is 1. The zero-order valence-corrected chi connectivity index (χ0v) is 10.7. The van der Waals surface area contributed by atoms with Crippen molar-refractivity contribution >= 4 is 11.6 Å². The van der Waals surface area contributed by atoms with Crippen LogP contribution in [0.2, 0.25) is 0 Å². The molecule has 5 heteroatoms. The Hall–Kier alpha value is -2.30. The molecule has 1 aromatic heterocycles. The molecule has 1 amide bonds. The molecule has 1 aromatic carbocycles. The second-order valence-electron chi connectivity index (χ2n) is 4.72. The molecular weight excluding hydrogens is 240 g/mol. The summed E-state index contributed by atoms with van der Waals surface area (Å²) in [5.41, 5.74) is 3.01. The first kappa shape index (κ1) is 11.8. The van der Waals surface area contributed by atoms with Crippen LogP contribution >= 0.6 is 0 Å². The number of benzene rings is 1. The van der Waals surface area contributed by atoms with Crippen LogP contribution in [0.3, 0.4) is 0 Å². The van der Waals surface area contributed by atoms with Gasteiger partial charge in [0.1, 0.15) is 5.82 Å². The van der Waals surface area contributed by atoms with Crippen molar-refractivity contribution in [2.24, 2.45) is 0 Å². The summed E-state index contributed by atoms with van der Waals surface area (Å²) in [5, 5.41) is 6.21. The zero-order valence-electron chi connectivity index (χ0n) is 10.7. The van der Waals surface area contributed by atoms with Gasteiger partial charge in [0.05, 0.1) is 6.04 Å². The van der Waals surface area contributed by atoms with Crippen molar-refractivity contribution in [1.82, 2.24) is 15.3 Å². The van der Waals surface area contributed by atoms with Crippen LogP contribution < -0.4 is 10.6 Å². The first-order valence-electron chi connectivity index (χ1n) is 6.41. The van der Waals surface area contributed by atoms with E-state index in [1.54, 1.807) is 12.4 Å². The molecule has 0 spiro atoms. The molecule has 19 heavy (non-hydrogen) atoms. The van der Waals surface area contributed by atoms with Crippen LogP contribution in [-0.4, -0.2) is 22.4 Å². The lowest BCUT2D eigenvalue weighted by Gasteiger charge is -2.12. The van der Waals surface area contributed by atoms with Crippen molar-refractivity contribution < 1.29 is 4.79 Å². The SMILES string of the molecule is CC(NC(=O)c1ccc2c(c1)NCC2)c1ncc[nH]1. The highest BCUT2D eigenvalue weighted by molar-refractivity contribution is 5.95. The summed E-state index contributed by atoms with van der Waals surface area (Å²) in [6.07, 6.45) is 4.45. The number of fused-ring (bicyclic) bond motifs is 1. The fourth-order valence-corrected chi connectivity index (χ4v) is 2.29. The topological polar surface area (TPSA) is 69.8 Å². The lowest BCUT2D eigenvalue weighted by molar-refractivity contribution is 0.0938. The van der Waals surface area contributed by atoms with Gasteiger partial charge in [-0.3, -0.25) is 4.79 Å². The number of hydrogen-bond acceptors (Lipinski definition) is 3. The Balaban J connectivity index is 1.74. The van der Waals surface area contributed by atoms with Gasteiger partial charge in [-0.15, -0.1) is 0 Å². The number of hydrogen-bond donors (Lipinski definition) is 3. The number of carbonyl (C=O) groups is 1. The quantitative estimate of drug-likeness (QED) is 0.785. The summed E-state index contributed by atoms with van der Waals surface area (Å²) >= 11 is 0. The standard InChI is InChI=1S/C14H16N4O/c1-9(13-16-6-7-17-13)18-14(19)11-3-2-10-4-5-15-12(10)8-11/h2-3,6-9,15H,4-5H2,1H3,(H,16,17)(H,18,19). The maximum Gasteiger partial charge on any atom is 0.251 e. The van der Waals surface area contributed by atoms with E-state index in [1.165, 1.54) is 5.56 Å². The lowest BCUT2D eigenvalue weighted by Crippen LogP contribution is -2.27. The minimum absolute atomic E-state index is 0.0830. The number of imidazole rings is 1. The van der Waals surface area contributed by atoms with E-state index in [0.29, 0.717) is 5.56 Å². The van der Waals surface area contributed by atoms with Gasteiger partial charge in [-0.25, -0.2) is 4.98 Å². The van der Waals surface area contributed by atoms with Crippen molar-refractivity contribution in [3.05, 3.63) is 47.5 Å². The van der Waals surface area contributed by atoms with Crippen molar-refractivity contribution in [3.8, 4) is 0 Å². The number of carbonyl (C=O) groups excluding carboxylic acids is 1. The smallest absolute Gasteiger partial charge is 0.251 e.